The molecule has 25 heavy (non-hydrogen) atoms. The molecule has 0 saturated carbocycles. The first-order valence-corrected chi connectivity index (χ1v) is 8.60. The van der Waals surface area contributed by atoms with E-state index in [0.717, 1.165) is 16.8 Å². The first-order valence-electron chi connectivity index (χ1n) is 8.22. The van der Waals surface area contributed by atoms with E-state index in [0.29, 0.717) is 29.3 Å². The summed E-state index contributed by atoms with van der Waals surface area (Å²) in [5, 5.41) is 3.76. The fourth-order valence-corrected chi connectivity index (χ4v) is 3.04. The molecular formula is C20H19ClN2O2. The smallest absolute Gasteiger partial charge is 0.278 e. The van der Waals surface area contributed by atoms with Crippen molar-refractivity contribution in [2.24, 2.45) is 0 Å². The van der Waals surface area contributed by atoms with Gasteiger partial charge in [-0.3, -0.25) is 14.5 Å². The molecule has 0 fully saturated rings. The van der Waals surface area contributed by atoms with E-state index in [1.807, 2.05) is 56.3 Å². The van der Waals surface area contributed by atoms with Gasteiger partial charge in [-0.1, -0.05) is 54.9 Å². The average molecular weight is 355 g/mol. The third kappa shape index (κ3) is 3.17. The highest BCUT2D eigenvalue weighted by molar-refractivity contribution is 6.36. The lowest BCUT2D eigenvalue weighted by molar-refractivity contribution is -0.136. The fourth-order valence-electron chi connectivity index (χ4n) is 2.87. The zero-order valence-electron chi connectivity index (χ0n) is 14.2. The Morgan fingerprint density at radius 1 is 1.00 bits per heavy atom. The summed E-state index contributed by atoms with van der Waals surface area (Å²) >= 11 is 6.18. The number of anilines is 1. The van der Waals surface area contributed by atoms with Gasteiger partial charge in [0.2, 0.25) is 0 Å². The van der Waals surface area contributed by atoms with Gasteiger partial charge in [0.1, 0.15) is 5.70 Å². The summed E-state index contributed by atoms with van der Waals surface area (Å²) in [4.78, 5) is 27.0. The molecule has 0 radical (unpaired) electrons. The Morgan fingerprint density at radius 3 is 2.40 bits per heavy atom. The highest BCUT2D eigenvalue weighted by Crippen LogP contribution is 2.32. The molecule has 5 heteroatoms. The molecule has 128 valence electrons. The van der Waals surface area contributed by atoms with Crippen LogP contribution in [-0.4, -0.2) is 23.3 Å². The minimum atomic E-state index is -0.301. The molecule has 1 heterocycles. The Labute approximate surface area is 152 Å². The first kappa shape index (κ1) is 17.2. The van der Waals surface area contributed by atoms with Crippen LogP contribution < -0.4 is 5.32 Å². The second-order valence-electron chi connectivity index (χ2n) is 5.92. The van der Waals surface area contributed by atoms with Gasteiger partial charge in [0.15, 0.2) is 0 Å². The molecule has 0 unspecified atom stereocenters. The van der Waals surface area contributed by atoms with Crippen molar-refractivity contribution in [3.05, 3.63) is 70.4 Å². The SMILES string of the molecule is CCCN1C(=O)C(Nc2cccc(Cl)c2C)=C(c2ccccc2)C1=O. The number of amides is 2. The highest BCUT2D eigenvalue weighted by Gasteiger charge is 2.38. The minimum Gasteiger partial charge on any atom is -0.350 e. The van der Waals surface area contributed by atoms with Crippen LogP contribution in [0.2, 0.25) is 5.02 Å². The Hall–Kier alpha value is -2.59. The summed E-state index contributed by atoms with van der Waals surface area (Å²) in [5.41, 5.74) is 2.98. The Bertz CT molecular complexity index is 859. The summed E-state index contributed by atoms with van der Waals surface area (Å²) < 4.78 is 0. The van der Waals surface area contributed by atoms with Crippen molar-refractivity contribution >= 4 is 34.7 Å². The number of nitrogens with one attached hydrogen (secondary N) is 1. The molecule has 0 bridgehead atoms. The van der Waals surface area contributed by atoms with E-state index >= 15 is 0 Å². The predicted molar refractivity (Wildman–Crippen MR) is 100 cm³/mol. The van der Waals surface area contributed by atoms with Crippen LogP contribution in [0, 0.1) is 6.92 Å². The van der Waals surface area contributed by atoms with Crippen LogP contribution in [0.3, 0.4) is 0 Å². The highest BCUT2D eigenvalue weighted by atomic mass is 35.5. The van der Waals surface area contributed by atoms with Crippen molar-refractivity contribution in [2.45, 2.75) is 20.3 Å². The van der Waals surface area contributed by atoms with E-state index in [1.54, 1.807) is 6.07 Å². The topological polar surface area (TPSA) is 49.4 Å². The molecule has 0 aliphatic carbocycles. The number of nitrogens with zero attached hydrogens (tertiary/aromatic N) is 1. The second kappa shape index (κ2) is 7.11. The number of carbonyl (C=O) groups is 2. The molecular weight excluding hydrogens is 336 g/mol. The molecule has 1 N–H and O–H groups in total. The lowest BCUT2D eigenvalue weighted by atomic mass is 10.0. The van der Waals surface area contributed by atoms with Crippen LogP contribution in [0.5, 0.6) is 0 Å². The van der Waals surface area contributed by atoms with E-state index in [4.69, 9.17) is 11.6 Å². The van der Waals surface area contributed by atoms with Gasteiger partial charge in [-0.2, -0.15) is 0 Å². The third-order valence-corrected chi connectivity index (χ3v) is 4.61. The van der Waals surface area contributed by atoms with Gasteiger partial charge in [-0.15, -0.1) is 0 Å². The molecule has 4 nitrogen and oxygen atoms in total. The minimum absolute atomic E-state index is 0.264. The molecule has 2 aromatic carbocycles. The van der Waals surface area contributed by atoms with Gasteiger partial charge >= 0.3 is 0 Å². The van der Waals surface area contributed by atoms with Crippen molar-refractivity contribution in [3.8, 4) is 0 Å². The Morgan fingerprint density at radius 2 is 1.72 bits per heavy atom. The molecule has 2 aromatic rings. The fraction of sp³-hybridized carbons (Fsp3) is 0.200. The lowest BCUT2D eigenvalue weighted by Gasteiger charge is -2.14. The van der Waals surface area contributed by atoms with Gasteiger partial charge in [0.25, 0.3) is 11.8 Å². The zero-order valence-corrected chi connectivity index (χ0v) is 14.9. The third-order valence-electron chi connectivity index (χ3n) is 4.21. The van der Waals surface area contributed by atoms with Crippen molar-refractivity contribution in [2.75, 3.05) is 11.9 Å². The maximum atomic E-state index is 12.8. The van der Waals surface area contributed by atoms with E-state index in [-0.39, 0.29) is 11.8 Å². The van der Waals surface area contributed by atoms with Crippen molar-refractivity contribution in [1.82, 2.24) is 4.90 Å². The molecule has 2 amide bonds. The van der Waals surface area contributed by atoms with E-state index in [9.17, 15) is 9.59 Å². The lowest BCUT2D eigenvalue weighted by Crippen LogP contribution is -2.33. The largest absolute Gasteiger partial charge is 0.350 e. The van der Waals surface area contributed by atoms with Crippen LogP contribution in [0.15, 0.2) is 54.2 Å². The first-order chi connectivity index (χ1) is 12.0. The predicted octanol–water partition coefficient (Wildman–Crippen LogP) is 4.25. The summed E-state index contributed by atoms with van der Waals surface area (Å²) in [5.74, 6) is -0.565. The monoisotopic (exact) mass is 354 g/mol. The van der Waals surface area contributed by atoms with Crippen molar-refractivity contribution < 1.29 is 9.59 Å². The summed E-state index contributed by atoms with van der Waals surface area (Å²) in [6, 6.07) is 14.7. The van der Waals surface area contributed by atoms with E-state index in [2.05, 4.69) is 5.32 Å². The second-order valence-corrected chi connectivity index (χ2v) is 6.32. The Kier molecular flexibility index (Phi) is 4.91. The van der Waals surface area contributed by atoms with Gasteiger partial charge in [-0.05, 0) is 36.6 Å². The maximum absolute atomic E-state index is 12.8. The van der Waals surface area contributed by atoms with Crippen LogP contribution in [0.1, 0.15) is 24.5 Å². The van der Waals surface area contributed by atoms with Crippen LogP contribution >= 0.6 is 11.6 Å². The molecule has 0 aromatic heterocycles. The quantitative estimate of drug-likeness (QED) is 0.816. The van der Waals surface area contributed by atoms with Crippen LogP contribution in [0.25, 0.3) is 5.57 Å². The van der Waals surface area contributed by atoms with E-state index < -0.39 is 0 Å². The molecule has 3 rings (SSSR count). The number of halogens is 1. The number of hydrogen-bond acceptors (Lipinski definition) is 3. The molecule has 1 aliphatic heterocycles. The molecule has 0 saturated heterocycles. The van der Waals surface area contributed by atoms with Gasteiger partial charge in [0, 0.05) is 17.3 Å². The van der Waals surface area contributed by atoms with Gasteiger partial charge < -0.3 is 5.32 Å². The number of benzene rings is 2. The number of carbonyl (C=O) groups excluding carboxylic acids is 2. The normalized spacial score (nSPS) is 14.4. The number of hydrogen-bond donors (Lipinski definition) is 1. The van der Waals surface area contributed by atoms with Crippen LogP contribution in [-0.2, 0) is 9.59 Å². The van der Waals surface area contributed by atoms with Crippen molar-refractivity contribution in [3.63, 3.8) is 0 Å². The summed E-state index contributed by atoms with van der Waals surface area (Å²) in [6.07, 6.45) is 0.711. The van der Waals surface area contributed by atoms with Gasteiger partial charge in [0.05, 0.1) is 5.57 Å². The summed E-state index contributed by atoms with van der Waals surface area (Å²) in [7, 11) is 0. The van der Waals surface area contributed by atoms with Gasteiger partial charge in [-0.25, -0.2) is 0 Å². The van der Waals surface area contributed by atoms with Crippen molar-refractivity contribution in [1.29, 1.82) is 0 Å². The zero-order chi connectivity index (χ0) is 18.0. The van der Waals surface area contributed by atoms with Crippen LogP contribution in [0.4, 0.5) is 5.69 Å². The molecule has 1 aliphatic rings. The Balaban J connectivity index is 2.10. The molecule has 0 spiro atoms. The maximum Gasteiger partial charge on any atom is 0.278 e. The standard InChI is InChI=1S/C20H19ClN2O2/c1-3-12-23-19(24)17(14-8-5-4-6-9-14)18(20(23)25)22-16-11-7-10-15(21)13(16)2/h4-11,22H,3,12H2,1-2H3. The average Bonchev–Trinajstić information content (AvgIpc) is 2.84. The summed E-state index contributed by atoms with van der Waals surface area (Å²) in [6.45, 7) is 4.21. The number of imide groups is 1. The number of rotatable bonds is 5. The molecule has 0 atom stereocenters. The van der Waals surface area contributed by atoms with E-state index in [1.165, 1.54) is 4.90 Å².